The van der Waals surface area contributed by atoms with Crippen LogP contribution >= 0.6 is 0 Å². The Hall–Kier alpha value is 0.748. The molecule has 0 radical (unpaired) electrons. The SMILES string of the molecule is C[SiH](C)O[SiH2][Si](C)(O[SiH3])C1(C2CCCCC2)CO1. The molecule has 0 amide bonds. The van der Waals surface area contributed by atoms with Crippen molar-refractivity contribution in [3.05, 3.63) is 0 Å². The number of ether oxygens (including phenoxy) is 1. The highest BCUT2D eigenvalue weighted by molar-refractivity contribution is 7.22. The van der Waals surface area contributed by atoms with E-state index in [4.69, 9.17) is 13.0 Å². The molecule has 1 heterocycles. The Morgan fingerprint density at radius 3 is 2.39 bits per heavy atom. The molecule has 2 aliphatic rings. The van der Waals surface area contributed by atoms with Gasteiger partial charge in [0.05, 0.1) is 6.61 Å². The van der Waals surface area contributed by atoms with Crippen LogP contribution in [0.3, 0.4) is 0 Å². The van der Waals surface area contributed by atoms with E-state index >= 15 is 0 Å². The zero-order chi connectivity index (χ0) is 13.2. The summed E-state index contributed by atoms with van der Waals surface area (Å²) in [7, 11) is -2.26. The van der Waals surface area contributed by atoms with Gasteiger partial charge in [-0.2, -0.15) is 0 Å². The van der Waals surface area contributed by atoms with Crippen molar-refractivity contribution >= 4 is 36.6 Å². The van der Waals surface area contributed by atoms with Crippen LogP contribution in [0.25, 0.3) is 0 Å². The van der Waals surface area contributed by atoms with Crippen molar-refractivity contribution in [3.8, 4) is 0 Å². The van der Waals surface area contributed by atoms with Gasteiger partial charge in [0, 0.05) is 0 Å². The van der Waals surface area contributed by atoms with Crippen molar-refractivity contribution in [2.24, 2.45) is 5.92 Å². The summed E-state index contributed by atoms with van der Waals surface area (Å²) in [4.78, 5) is 0. The van der Waals surface area contributed by atoms with E-state index in [0.717, 1.165) is 23.0 Å². The normalized spacial score (nSPS) is 33.3. The summed E-state index contributed by atoms with van der Waals surface area (Å²) in [6.07, 6.45) is 6.92. The summed E-state index contributed by atoms with van der Waals surface area (Å²) >= 11 is 0. The van der Waals surface area contributed by atoms with Crippen LogP contribution in [0.5, 0.6) is 0 Å². The fraction of sp³-hybridized carbons (Fsp3) is 1.00. The Labute approximate surface area is 119 Å². The van der Waals surface area contributed by atoms with Crippen LogP contribution in [0.1, 0.15) is 32.1 Å². The van der Waals surface area contributed by atoms with E-state index in [1.54, 1.807) is 0 Å². The first-order valence-electron chi connectivity index (χ1n) is 7.35. The van der Waals surface area contributed by atoms with Gasteiger partial charge < -0.3 is 13.0 Å². The highest BCUT2D eigenvalue weighted by Gasteiger charge is 2.65. The molecule has 0 aromatic carbocycles. The summed E-state index contributed by atoms with van der Waals surface area (Å²) in [5.41, 5.74) is 0. The third-order valence-electron chi connectivity index (χ3n) is 4.76. The van der Waals surface area contributed by atoms with Crippen LogP contribution in [0.15, 0.2) is 0 Å². The molecule has 18 heavy (non-hydrogen) atoms. The monoisotopic (exact) mass is 320 g/mol. The van der Waals surface area contributed by atoms with E-state index in [2.05, 4.69) is 19.6 Å². The van der Waals surface area contributed by atoms with Crippen molar-refractivity contribution in [1.29, 1.82) is 0 Å². The maximum Gasteiger partial charge on any atom is 0.221 e. The number of hydrogen-bond donors (Lipinski definition) is 0. The van der Waals surface area contributed by atoms with Crippen molar-refractivity contribution in [3.63, 3.8) is 0 Å². The smallest absolute Gasteiger partial charge is 0.221 e. The average molecular weight is 321 g/mol. The Morgan fingerprint density at radius 1 is 1.33 bits per heavy atom. The van der Waals surface area contributed by atoms with Crippen LogP contribution < -0.4 is 0 Å². The highest BCUT2D eigenvalue weighted by atomic mass is 29.2. The largest absolute Gasteiger partial charge is 0.463 e. The van der Waals surface area contributed by atoms with E-state index in [1.807, 2.05) is 0 Å². The Kier molecular flexibility index (Phi) is 5.07. The standard InChI is InChI=1S/C11H28O3Si4/c1-17(2)14-16-18(3,13-15)11(9-12-11)10-7-5-4-6-8-10/h10,17H,4-9,16H2,1-3,15H3. The van der Waals surface area contributed by atoms with Crippen LogP contribution in [-0.2, 0) is 13.0 Å². The first kappa shape index (κ1) is 15.1. The Morgan fingerprint density at radius 2 is 1.94 bits per heavy atom. The minimum absolute atomic E-state index is 0.171. The molecule has 2 rings (SSSR count). The van der Waals surface area contributed by atoms with Crippen molar-refractivity contribution in [2.45, 2.75) is 57.0 Å². The van der Waals surface area contributed by atoms with Gasteiger partial charge in [0.1, 0.15) is 15.7 Å². The second-order valence-corrected chi connectivity index (χ2v) is 19.9. The van der Waals surface area contributed by atoms with Gasteiger partial charge >= 0.3 is 0 Å². The molecule has 0 bridgehead atoms. The lowest BCUT2D eigenvalue weighted by Gasteiger charge is -2.39. The summed E-state index contributed by atoms with van der Waals surface area (Å²) in [5, 5.41) is 0.171. The molecule has 106 valence electrons. The third kappa shape index (κ3) is 2.91. The van der Waals surface area contributed by atoms with Crippen molar-refractivity contribution in [2.75, 3.05) is 6.61 Å². The second kappa shape index (κ2) is 6.02. The summed E-state index contributed by atoms with van der Waals surface area (Å²) in [6, 6.07) is 0. The zero-order valence-corrected chi connectivity index (χ0v) is 17.9. The molecule has 2 fully saturated rings. The molecule has 2 unspecified atom stereocenters. The third-order valence-corrected chi connectivity index (χ3v) is 22.3. The van der Waals surface area contributed by atoms with E-state index in [9.17, 15) is 0 Å². The lowest BCUT2D eigenvalue weighted by molar-refractivity contribution is 0.218. The lowest BCUT2D eigenvalue weighted by Crippen LogP contribution is -2.61. The average Bonchev–Trinajstić information content (AvgIpc) is 3.19. The van der Waals surface area contributed by atoms with Gasteiger partial charge in [-0.3, -0.25) is 0 Å². The van der Waals surface area contributed by atoms with E-state index in [0.29, 0.717) is 0 Å². The molecule has 2 atom stereocenters. The Bertz CT molecular complexity index is 279. The molecule has 0 N–H and O–H groups in total. The predicted octanol–water partition coefficient (Wildman–Crippen LogP) is 0.328. The number of rotatable bonds is 6. The topological polar surface area (TPSA) is 31.0 Å². The summed E-state index contributed by atoms with van der Waals surface area (Å²) in [6.45, 7) is 7.93. The molecule has 1 aliphatic carbocycles. The second-order valence-electron chi connectivity index (χ2n) is 6.31. The molecule has 1 saturated carbocycles. The fourth-order valence-electron chi connectivity index (χ4n) is 3.30. The first-order chi connectivity index (χ1) is 8.54. The van der Waals surface area contributed by atoms with Crippen LogP contribution in [0.2, 0.25) is 19.6 Å². The highest BCUT2D eigenvalue weighted by Crippen LogP contribution is 2.48. The van der Waals surface area contributed by atoms with Gasteiger partial charge in [0.25, 0.3) is 0 Å². The van der Waals surface area contributed by atoms with Crippen LogP contribution in [-0.4, -0.2) is 48.5 Å². The van der Waals surface area contributed by atoms with Crippen LogP contribution in [0.4, 0.5) is 0 Å². The number of hydrogen-bond acceptors (Lipinski definition) is 3. The van der Waals surface area contributed by atoms with Gasteiger partial charge in [-0.05, 0) is 38.4 Å². The van der Waals surface area contributed by atoms with E-state index in [1.165, 1.54) is 32.1 Å². The van der Waals surface area contributed by atoms with Crippen molar-refractivity contribution < 1.29 is 13.0 Å². The summed E-state index contributed by atoms with van der Waals surface area (Å²) in [5.74, 6) is 0.779. The summed E-state index contributed by atoms with van der Waals surface area (Å²) < 4.78 is 18.4. The molecule has 7 heteroatoms. The maximum atomic E-state index is 6.18. The molecule has 0 aromatic rings. The lowest BCUT2D eigenvalue weighted by atomic mass is 9.87. The van der Waals surface area contributed by atoms with Crippen molar-refractivity contribution in [1.82, 2.24) is 0 Å². The van der Waals surface area contributed by atoms with E-state index < -0.39 is 26.2 Å². The molecular formula is C11H28O3Si4. The molecular weight excluding hydrogens is 292 g/mol. The van der Waals surface area contributed by atoms with E-state index in [-0.39, 0.29) is 5.22 Å². The quantitative estimate of drug-likeness (QED) is 0.522. The minimum Gasteiger partial charge on any atom is -0.463 e. The van der Waals surface area contributed by atoms with Gasteiger partial charge in [0.15, 0.2) is 18.3 Å². The molecule has 0 aromatic heterocycles. The maximum absolute atomic E-state index is 6.18. The van der Waals surface area contributed by atoms with Gasteiger partial charge in [0.2, 0.25) is 7.83 Å². The zero-order valence-electron chi connectivity index (χ0n) is 12.3. The molecule has 1 aliphatic heterocycles. The first-order valence-corrected chi connectivity index (χ1v) is 16.3. The van der Waals surface area contributed by atoms with Gasteiger partial charge in [-0.25, -0.2) is 0 Å². The minimum atomic E-state index is -1.70. The molecule has 1 saturated heterocycles. The van der Waals surface area contributed by atoms with Crippen LogP contribution in [0, 0.1) is 5.92 Å². The predicted molar refractivity (Wildman–Crippen MR) is 86.4 cm³/mol. The molecule has 0 spiro atoms. The number of epoxide rings is 1. The molecule has 3 nitrogen and oxygen atoms in total. The van der Waals surface area contributed by atoms with Gasteiger partial charge in [-0.15, -0.1) is 0 Å². The fourth-order valence-corrected chi connectivity index (χ4v) is 19.0. The van der Waals surface area contributed by atoms with Gasteiger partial charge in [-0.1, -0.05) is 19.3 Å². The Balaban J connectivity index is 2.05.